The summed E-state index contributed by atoms with van der Waals surface area (Å²) in [5, 5.41) is 3.45. The van der Waals surface area contributed by atoms with E-state index < -0.39 is 0 Å². The topological polar surface area (TPSA) is 25.0 Å². The van der Waals surface area contributed by atoms with Gasteiger partial charge in [-0.15, -0.1) is 13.5 Å². The van der Waals surface area contributed by atoms with Crippen LogP contribution < -0.4 is 13.5 Å². The van der Waals surface area contributed by atoms with E-state index in [1.54, 1.807) is 17.6 Å². The number of aromatic nitrogens is 3. The maximum absolute atomic E-state index is 5.60. The number of nitrogens with zero attached hydrogens (tertiary/aromatic N) is 3. The molecule has 7 aromatic rings. The van der Waals surface area contributed by atoms with E-state index in [0.29, 0.717) is 0 Å². The van der Waals surface area contributed by atoms with Crippen molar-refractivity contribution in [1.82, 2.24) is 0 Å². The lowest BCUT2D eigenvalue weighted by Crippen LogP contribution is -2.52. The molecule has 5 heteroatoms. The molecule has 8 rings (SSSR count). The molecule has 0 fully saturated rings. The zero-order valence-corrected chi connectivity index (χ0v) is 20.2. The second kappa shape index (κ2) is 7.57. The van der Waals surface area contributed by atoms with Crippen LogP contribution in [0.4, 0.5) is 0 Å². The van der Waals surface area contributed by atoms with Gasteiger partial charge in [-0.3, -0.25) is 0 Å². The quantitative estimate of drug-likeness (QED) is 0.235. The number of rotatable bonds is 4. The van der Waals surface area contributed by atoms with Gasteiger partial charge >= 0.3 is 11.2 Å². The van der Waals surface area contributed by atoms with Crippen molar-refractivity contribution in [2.75, 3.05) is 0 Å². The highest BCUT2D eigenvalue weighted by Gasteiger charge is 2.43. The summed E-state index contributed by atoms with van der Waals surface area (Å²) in [4.78, 5) is 1.28. The fourth-order valence-corrected chi connectivity index (χ4v) is 6.75. The van der Waals surface area contributed by atoms with Crippen molar-refractivity contribution >= 4 is 38.2 Å². The van der Waals surface area contributed by atoms with Crippen LogP contribution in [0.5, 0.6) is 0 Å². The second-order valence-corrected chi connectivity index (χ2v) is 10.4. The number of benzene rings is 3. The van der Waals surface area contributed by atoms with E-state index in [9.17, 15) is 0 Å². The summed E-state index contributed by atoms with van der Waals surface area (Å²) < 4.78 is 12.5. The molecule has 170 valence electrons. The van der Waals surface area contributed by atoms with Gasteiger partial charge in [-0.05, 0) is 58.4 Å². The molecule has 0 amide bonds. The minimum absolute atomic E-state index is 0.0543. The number of pyridine rings is 2. The van der Waals surface area contributed by atoms with Crippen LogP contribution in [0.3, 0.4) is 0 Å². The minimum atomic E-state index is 0.0543. The van der Waals surface area contributed by atoms with Crippen LogP contribution in [0.15, 0.2) is 120 Å². The van der Waals surface area contributed by atoms with Gasteiger partial charge in [-0.25, -0.2) is 0 Å². The van der Waals surface area contributed by atoms with Crippen LogP contribution in [-0.2, 0) is 6.42 Å². The monoisotopic (exact) mass is 484 g/mol. The maximum Gasteiger partial charge on any atom is 0.441 e. The van der Waals surface area contributed by atoms with E-state index in [4.69, 9.17) is 4.42 Å². The van der Waals surface area contributed by atoms with Crippen molar-refractivity contribution in [3.8, 4) is 11.1 Å². The first-order valence-electron chi connectivity index (χ1n) is 12.2. The molecule has 0 atom stereocenters. The van der Waals surface area contributed by atoms with Gasteiger partial charge < -0.3 is 4.42 Å². The molecular formula is C31H22N3OS+3. The van der Waals surface area contributed by atoms with Crippen LogP contribution in [0.2, 0.25) is 0 Å². The van der Waals surface area contributed by atoms with E-state index in [2.05, 4.69) is 117 Å². The van der Waals surface area contributed by atoms with E-state index >= 15 is 0 Å². The Morgan fingerprint density at radius 1 is 0.694 bits per heavy atom. The second-order valence-electron chi connectivity index (χ2n) is 9.34. The summed E-state index contributed by atoms with van der Waals surface area (Å²) in [5.41, 5.74) is 7.75. The molecule has 0 saturated heterocycles. The average Bonchev–Trinajstić information content (AvgIpc) is 3.61. The van der Waals surface area contributed by atoms with Crippen molar-refractivity contribution < 1.29 is 18.0 Å². The SMILES string of the molecule is c1ccc(-c2ccccc2C2[n+]3cccc4ccc5ccc[n+]2c5c43)c(Cc2c[n+]3ccoc3s2)c1. The fourth-order valence-electron chi connectivity index (χ4n) is 5.81. The maximum atomic E-state index is 5.60. The normalized spacial score (nSPS) is 13.0. The van der Waals surface area contributed by atoms with Crippen molar-refractivity contribution in [3.63, 3.8) is 0 Å². The zero-order valence-electron chi connectivity index (χ0n) is 19.4. The Kier molecular flexibility index (Phi) is 4.19. The third-order valence-corrected chi connectivity index (χ3v) is 8.31. The lowest BCUT2D eigenvalue weighted by atomic mass is 9.92. The van der Waals surface area contributed by atoms with Gasteiger partial charge in [-0.2, -0.15) is 0 Å². The molecule has 0 bridgehead atoms. The van der Waals surface area contributed by atoms with Gasteiger partial charge in [0, 0.05) is 18.6 Å². The molecule has 0 radical (unpaired) electrons. The zero-order chi connectivity index (χ0) is 23.6. The molecule has 4 aromatic heterocycles. The standard InChI is InChI=1S/C31H22N3OS/c1-2-10-25(23(7-1)19-24-20-32-17-18-35-31(32)36-24)26-11-3-4-12-27(26)30-33-15-5-8-21-13-14-22-9-6-16-34(30)29(22)28(21)33/h1-18,20,30H,19H2/q+3. The van der Waals surface area contributed by atoms with Crippen molar-refractivity contribution in [3.05, 3.63) is 132 Å². The summed E-state index contributed by atoms with van der Waals surface area (Å²) in [5.74, 6) is 0. The van der Waals surface area contributed by atoms with Crippen molar-refractivity contribution in [2.45, 2.75) is 12.6 Å². The molecule has 3 aromatic carbocycles. The highest BCUT2D eigenvalue weighted by Crippen LogP contribution is 2.35. The summed E-state index contributed by atoms with van der Waals surface area (Å²) in [6, 6.07) is 30.9. The Balaban J connectivity index is 1.32. The highest BCUT2D eigenvalue weighted by molar-refractivity contribution is 7.16. The first-order chi connectivity index (χ1) is 17.8. The van der Waals surface area contributed by atoms with E-state index in [0.717, 1.165) is 11.4 Å². The van der Waals surface area contributed by atoms with Gasteiger partial charge in [0.25, 0.3) is 11.0 Å². The van der Waals surface area contributed by atoms with E-state index in [1.807, 2.05) is 6.20 Å². The van der Waals surface area contributed by atoms with Gasteiger partial charge in [0.05, 0.1) is 21.2 Å². The predicted molar refractivity (Wildman–Crippen MR) is 140 cm³/mol. The van der Waals surface area contributed by atoms with Crippen LogP contribution in [-0.4, -0.2) is 0 Å². The molecule has 0 unspecified atom stereocenters. The number of hydrogen-bond donors (Lipinski definition) is 0. The van der Waals surface area contributed by atoms with Crippen LogP contribution in [0, 0.1) is 0 Å². The molecule has 0 saturated carbocycles. The minimum Gasteiger partial charge on any atom is -0.398 e. The Morgan fingerprint density at radius 2 is 1.39 bits per heavy atom. The largest absolute Gasteiger partial charge is 0.441 e. The molecular weight excluding hydrogens is 462 g/mol. The molecule has 0 N–H and O–H groups in total. The Morgan fingerprint density at radius 3 is 2.14 bits per heavy atom. The molecule has 0 spiro atoms. The van der Waals surface area contributed by atoms with Crippen LogP contribution >= 0.6 is 11.3 Å². The van der Waals surface area contributed by atoms with Gasteiger partial charge in [0.2, 0.25) is 6.20 Å². The summed E-state index contributed by atoms with van der Waals surface area (Å²) in [6.45, 7) is 0. The molecule has 36 heavy (non-hydrogen) atoms. The number of thiazole rings is 1. The first kappa shape index (κ1) is 19.9. The average molecular weight is 485 g/mol. The van der Waals surface area contributed by atoms with Gasteiger partial charge in [0.1, 0.15) is 0 Å². The van der Waals surface area contributed by atoms with Gasteiger partial charge in [-0.1, -0.05) is 42.5 Å². The fraction of sp³-hybridized carbons (Fsp3) is 0.0645. The smallest absolute Gasteiger partial charge is 0.398 e. The van der Waals surface area contributed by atoms with Crippen LogP contribution in [0.25, 0.3) is 38.0 Å². The van der Waals surface area contributed by atoms with Crippen molar-refractivity contribution in [2.24, 2.45) is 0 Å². The molecule has 0 aliphatic carbocycles. The van der Waals surface area contributed by atoms with E-state index in [1.165, 1.54) is 48.9 Å². The summed E-state index contributed by atoms with van der Waals surface area (Å²) >= 11 is 1.70. The summed E-state index contributed by atoms with van der Waals surface area (Å²) in [7, 11) is 0. The van der Waals surface area contributed by atoms with Crippen LogP contribution in [0.1, 0.15) is 22.2 Å². The molecule has 1 aliphatic rings. The lowest BCUT2D eigenvalue weighted by Gasteiger charge is -2.14. The van der Waals surface area contributed by atoms with Crippen molar-refractivity contribution in [1.29, 1.82) is 0 Å². The first-order valence-corrected chi connectivity index (χ1v) is 13.0. The number of oxazole rings is 1. The third-order valence-electron chi connectivity index (χ3n) is 7.32. The van der Waals surface area contributed by atoms with Gasteiger partial charge in [0.15, 0.2) is 24.9 Å². The van der Waals surface area contributed by atoms with E-state index in [-0.39, 0.29) is 6.17 Å². The molecule has 4 nitrogen and oxygen atoms in total. The lowest BCUT2D eigenvalue weighted by molar-refractivity contribution is -0.894. The molecule has 5 heterocycles. The Hall–Kier alpha value is -4.35. The third kappa shape index (κ3) is 2.84. The number of hydrogen-bond acceptors (Lipinski definition) is 2. The highest BCUT2D eigenvalue weighted by atomic mass is 32.1. The molecule has 1 aliphatic heterocycles. The summed E-state index contributed by atoms with van der Waals surface area (Å²) in [6.07, 6.45) is 11.2. The Labute approximate surface area is 211 Å². The predicted octanol–water partition coefficient (Wildman–Crippen LogP) is 5.63. The number of fused-ring (bicyclic) bond motifs is 1. The Bertz CT molecular complexity index is 1860.